The minimum absolute atomic E-state index is 0.0531. The molecule has 0 unspecified atom stereocenters. The fraction of sp³-hybridized carbons (Fsp3) is 0.481. The number of fused-ring (bicyclic) bond motifs is 1. The molecule has 0 atom stereocenters. The van der Waals surface area contributed by atoms with E-state index in [0.717, 1.165) is 31.5 Å². The zero-order valence-corrected chi connectivity index (χ0v) is 21.8. The normalized spacial score (nSPS) is 18.2. The van der Waals surface area contributed by atoms with Crippen molar-refractivity contribution in [1.29, 1.82) is 0 Å². The molecule has 2 aliphatic heterocycles. The Balaban J connectivity index is 1.21. The van der Waals surface area contributed by atoms with E-state index in [1.54, 1.807) is 16.4 Å². The van der Waals surface area contributed by atoms with E-state index < -0.39 is 10.0 Å². The maximum Gasteiger partial charge on any atom is 0.253 e. The molecule has 36 heavy (non-hydrogen) atoms. The van der Waals surface area contributed by atoms with Gasteiger partial charge in [-0.2, -0.15) is 4.31 Å². The van der Waals surface area contributed by atoms with E-state index in [1.807, 2.05) is 35.2 Å². The predicted octanol–water partition coefficient (Wildman–Crippen LogP) is 4.08. The van der Waals surface area contributed by atoms with Crippen LogP contribution in [-0.2, 0) is 16.6 Å². The number of carbonyl (C=O) groups is 1. The average molecular weight is 511 g/mol. The fourth-order valence-electron chi connectivity index (χ4n) is 4.95. The molecule has 5 rings (SSSR count). The first-order chi connectivity index (χ1) is 17.3. The Labute approximate surface area is 212 Å². The highest BCUT2D eigenvalue weighted by molar-refractivity contribution is 7.89. The van der Waals surface area contributed by atoms with Crippen LogP contribution < -0.4 is 0 Å². The second-order valence-corrected chi connectivity index (χ2v) is 12.0. The van der Waals surface area contributed by atoms with Crippen molar-refractivity contribution in [2.75, 3.05) is 39.3 Å². The molecule has 9 heteroatoms. The number of benzene rings is 2. The largest absolute Gasteiger partial charge is 0.439 e. The van der Waals surface area contributed by atoms with Crippen LogP contribution in [0.4, 0.5) is 0 Å². The molecule has 2 fully saturated rings. The van der Waals surface area contributed by atoms with E-state index in [2.05, 4.69) is 23.7 Å². The molecule has 2 aliphatic rings. The van der Waals surface area contributed by atoms with Gasteiger partial charge in [0.1, 0.15) is 5.52 Å². The first-order valence-corrected chi connectivity index (χ1v) is 14.3. The minimum Gasteiger partial charge on any atom is -0.439 e. The summed E-state index contributed by atoms with van der Waals surface area (Å²) in [5.74, 6) is 0.990. The van der Waals surface area contributed by atoms with E-state index >= 15 is 0 Å². The molecule has 2 aromatic carbocycles. The van der Waals surface area contributed by atoms with Crippen molar-refractivity contribution in [3.05, 3.63) is 59.5 Å². The predicted molar refractivity (Wildman–Crippen MR) is 138 cm³/mol. The molecular formula is C27H34N4O4S. The zero-order valence-electron chi connectivity index (χ0n) is 21.0. The second kappa shape index (κ2) is 10.3. The van der Waals surface area contributed by atoms with Crippen LogP contribution in [0.2, 0.25) is 0 Å². The number of hydrogen-bond donors (Lipinski definition) is 0. The van der Waals surface area contributed by atoms with E-state index in [0.29, 0.717) is 66.1 Å². The van der Waals surface area contributed by atoms with Gasteiger partial charge in [0, 0.05) is 44.8 Å². The summed E-state index contributed by atoms with van der Waals surface area (Å²) in [6, 6.07) is 12.6. The molecule has 0 bridgehead atoms. The minimum atomic E-state index is -3.51. The van der Waals surface area contributed by atoms with Crippen LogP contribution in [0, 0.1) is 0 Å². The topological polar surface area (TPSA) is 87.0 Å². The summed E-state index contributed by atoms with van der Waals surface area (Å²) in [4.78, 5) is 21.9. The van der Waals surface area contributed by atoms with E-state index in [-0.39, 0.29) is 5.91 Å². The maximum absolute atomic E-state index is 13.1. The molecule has 0 N–H and O–H groups in total. The summed E-state index contributed by atoms with van der Waals surface area (Å²) in [7, 11) is -3.51. The van der Waals surface area contributed by atoms with Crippen molar-refractivity contribution >= 4 is 27.0 Å². The number of nitrogens with zero attached hydrogens (tertiary/aromatic N) is 4. The van der Waals surface area contributed by atoms with Gasteiger partial charge in [-0.25, -0.2) is 13.4 Å². The van der Waals surface area contributed by atoms with Gasteiger partial charge in [-0.3, -0.25) is 9.69 Å². The molecule has 8 nitrogen and oxygen atoms in total. The lowest BCUT2D eigenvalue weighted by Gasteiger charge is -2.33. The monoisotopic (exact) mass is 510 g/mol. The quantitative estimate of drug-likeness (QED) is 0.497. The number of piperidine rings is 1. The lowest BCUT2D eigenvalue weighted by Crippen LogP contribution is -2.48. The highest BCUT2D eigenvalue weighted by atomic mass is 32.2. The third-order valence-electron chi connectivity index (χ3n) is 7.20. The van der Waals surface area contributed by atoms with E-state index in [4.69, 9.17) is 4.42 Å². The Bertz CT molecular complexity index is 1320. The van der Waals surface area contributed by atoms with Gasteiger partial charge in [-0.05, 0) is 61.1 Å². The Morgan fingerprint density at radius 2 is 1.64 bits per heavy atom. The van der Waals surface area contributed by atoms with Gasteiger partial charge in [0.25, 0.3) is 5.91 Å². The first-order valence-electron chi connectivity index (χ1n) is 12.8. The van der Waals surface area contributed by atoms with Gasteiger partial charge in [-0.15, -0.1) is 0 Å². The number of carbonyl (C=O) groups excluding carboxylic acids is 1. The SMILES string of the molecule is CC(C)c1ccc(S(=O)(=O)N2CCN(Cc3nc4cc(C(=O)N5CCCCC5)ccc4o3)CC2)cc1. The van der Waals surface area contributed by atoms with Crippen molar-refractivity contribution in [2.24, 2.45) is 0 Å². The number of hydrogen-bond acceptors (Lipinski definition) is 6. The molecule has 1 aromatic heterocycles. The number of piperazine rings is 1. The Hall–Kier alpha value is -2.75. The van der Waals surface area contributed by atoms with Crippen LogP contribution in [-0.4, -0.2) is 72.7 Å². The second-order valence-electron chi connectivity index (χ2n) is 10.0. The molecule has 192 valence electrons. The molecule has 0 radical (unpaired) electrons. The molecule has 0 saturated carbocycles. The van der Waals surface area contributed by atoms with Crippen LogP contribution in [0.15, 0.2) is 51.8 Å². The summed E-state index contributed by atoms with van der Waals surface area (Å²) in [6.07, 6.45) is 3.29. The Kier molecular flexibility index (Phi) is 7.14. The zero-order chi connectivity index (χ0) is 25.3. The summed E-state index contributed by atoms with van der Waals surface area (Å²) in [5.41, 5.74) is 3.11. The van der Waals surface area contributed by atoms with Gasteiger partial charge < -0.3 is 9.32 Å². The first kappa shape index (κ1) is 24.9. The molecule has 1 amide bonds. The summed E-state index contributed by atoms with van der Waals surface area (Å²) in [5, 5.41) is 0. The highest BCUT2D eigenvalue weighted by Crippen LogP contribution is 2.23. The average Bonchev–Trinajstić information content (AvgIpc) is 3.30. The van der Waals surface area contributed by atoms with Gasteiger partial charge in [0.15, 0.2) is 5.58 Å². The van der Waals surface area contributed by atoms with Gasteiger partial charge in [0.2, 0.25) is 15.9 Å². The number of aromatic nitrogens is 1. The van der Waals surface area contributed by atoms with Gasteiger partial charge >= 0.3 is 0 Å². The van der Waals surface area contributed by atoms with E-state index in [9.17, 15) is 13.2 Å². The number of rotatable bonds is 6. The fourth-order valence-corrected chi connectivity index (χ4v) is 6.37. The number of oxazole rings is 1. The molecule has 2 saturated heterocycles. The standard InChI is InChI=1S/C27H34N4O4S/c1-20(2)21-6-9-23(10-7-21)36(33,34)31-16-14-29(15-17-31)19-26-28-24-18-22(8-11-25(24)35-26)27(32)30-12-4-3-5-13-30/h6-11,18,20H,3-5,12-17,19H2,1-2H3. The number of sulfonamides is 1. The summed E-state index contributed by atoms with van der Waals surface area (Å²) < 4.78 is 33.7. The van der Waals surface area contributed by atoms with Crippen LogP contribution in [0.1, 0.15) is 60.8 Å². The number of likely N-dealkylation sites (tertiary alicyclic amines) is 1. The van der Waals surface area contributed by atoms with Crippen LogP contribution in [0.25, 0.3) is 11.1 Å². The highest BCUT2D eigenvalue weighted by Gasteiger charge is 2.29. The van der Waals surface area contributed by atoms with Gasteiger partial charge in [0.05, 0.1) is 11.4 Å². The van der Waals surface area contributed by atoms with Crippen LogP contribution in [0.3, 0.4) is 0 Å². The molecule has 3 heterocycles. The van der Waals surface area contributed by atoms with Crippen LogP contribution >= 0.6 is 0 Å². The number of amides is 1. The molecule has 0 spiro atoms. The molecule has 0 aliphatic carbocycles. The Morgan fingerprint density at radius 1 is 0.944 bits per heavy atom. The third kappa shape index (κ3) is 5.19. The molecular weight excluding hydrogens is 476 g/mol. The van der Waals surface area contributed by atoms with Crippen molar-refractivity contribution in [2.45, 2.75) is 50.5 Å². The summed E-state index contributed by atoms with van der Waals surface area (Å²) >= 11 is 0. The van der Waals surface area contributed by atoms with Crippen molar-refractivity contribution in [3.63, 3.8) is 0 Å². The maximum atomic E-state index is 13.1. The summed E-state index contributed by atoms with van der Waals surface area (Å²) in [6.45, 7) is 8.34. The van der Waals surface area contributed by atoms with E-state index in [1.165, 1.54) is 6.42 Å². The third-order valence-corrected chi connectivity index (χ3v) is 9.11. The van der Waals surface area contributed by atoms with Gasteiger partial charge in [-0.1, -0.05) is 26.0 Å². The lowest BCUT2D eigenvalue weighted by molar-refractivity contribution is 0.0724. The smallest absolute Gasteiger partial charge is 0.253 e. The Morgan fingerprint density at radius 3 is 2.31 bits per heavy atom. The van der Waals surface area contributed by atoms with Crippen molar-refractivity contribution in [1.82, 2.24) is 19.1 Å². The van der Waals surface area contributed by atoms with Crippen molar-refractivity contribution < 1.29 is 17.6 Å². The van der Waals surface area contributed by atoms with Crippen LogP contribution in [0.5, 0.6) is 0 Å². The molecule has 3 aromatic rings. The lowest BCUT2D eigenvalue weighted by atomic mass is 10.0. The van der Waals surface area contributed by atoms with Crippen molar-refractivity contribution in [3.8, 4) is 0 Å².